The predicted octanol–water partition coefficient (Wildman–Crippen LogP) is 0.962. The van der Waals surface area contributed by atoms with E-state index in [4.69, 9.17) is 5.11 Å². The van der Waals surface area contributed by atoms with Crippen LogP contribution in [0.4, 0.5) is 0 Å². The molecule has 0 saturated heterocycles. The monoisotopic (exact) mass is 317 g/mol. The lowest BCUT2D eigenvalue weighted by Gasteiger charge is -2.15. The smallest absolute Gasteiger partial charge is 0.328 e. The largest absolute Gasteiger partial charge is 0.478 e. The van der Waals surface area contributed by atoms with Crippen molar-refractivity contribution in [3.8, 4) is 0 Å². The van der Waals surface area contributed by atoms with Crippen LogP contribution >= 0.6 is 11.3 Å². The Morgan fingerprint density at radius 2 is 2.05 bits per heavy atom. The lowest BCUT2D eigenvalue weighted by atomic mass is 10.3. The molecule has 0 fully saturated rings. The highest BCUT2D eigenvalue weighted by Gasteiger charge is 2.15. The summed E-state index contributed by atoms with van der Waals surface area (Å²) in [4.78, 5) is 24.8. The van der Waals surface area contributed by atoms with Crippen molar-refractivity contribution in [1.82, 2.24) is 4.90 Å². The van der Waals surface area contributed by atoms with E-state index in [0.717, 1.165) is 23.7 Å². The zero-order valence-corrected chi connectivity index (χ0v) is 12.7. The molecular formula is C12H15NO5S2. The van der Waals surface area contributed by atoms with E-state index in [-0.39, 0.29) is 18.2 Å². The summed E-state index contributed by atoms with van der Waals surface area (Å²) in [6, 6.07) is 3.23. The number of carbonyl (C=O) groups excluding carboxylic acids is 1. The molecule has 6 nitrogen and oxygen atoms in total. The summed E-state index contributed by atoms with van der Waals surface area (Å²) in [6.07, 6.45) is 3.51. The minimum atomic E-state index is -3.11. The van der Waals surface area contributed by atoms with Crippen molar-refractivity contribution in [3.63, 3.8) is 0 Å². The molecule has 0 bridgehead atoms. The fourth-order valence-electron chi connectivity index (χ4n) is 1.30. The molecule has 1 N–H and O–H groups in total. The summed E-state index contributed by atoms with van der Waals surface area (Å²) < 4.78 is 22.1. The first-order valence-electron chi connectivity index (χ1n) is 5.63. The summed E-state index contributed by atoms with van der Waals surface area (Å²) >= 11 is 1.15. The summed E-state index contributed by atoms with van der Waals surface area (Å²) in [5, 5.41) is 8.51. The molecule has 8 heteroatoms. The Labute approximate surface area is 121 Å². The molecule has 0 unspecified atom stereocenters. The van der Waals surface area contributed by atoms with Crippen LogP contribution in [0.3, 0.4) is 0 Å². The Balaban J connectivity index is 2.70. The van der Waals surface area contributed by atoms with Crippen LogP contribution in [-0.2, 0) is 14.6 Å². The topological polar surface area (TPSA) is 91.8 Å². The van der Waals surface area contributed by atoms with Crippen LogP contribution in [-0.4, -0.2) is 55.9 Å². The Bertz CT molecular complexity index is 630. The van der Waals surface area contributed by atoms with Gasteiger partial charge >= 0.3 is 5.97 Å². The standard InChI is InChI=1S/C12H15NO5S2/c1-13(7-8-20(2,17)18)12(16)10-5-3-9(19-10)4-6-11(14)15/h3-6H,7-8H2,1-2H3,(H,14,15). The highest BCUT2D eigenvalue weighted by molar-refractivity contribution is 7.90. The fourth-order valence-corrected chi connectivity index (χ4v) is 2.81. The van der Waals surface area contributed by atoms with Gasteiger partial charge in [-0.25, -0.2) is 13.2 Å². The number of amides is 1. The molecule has 1 heterocycles. The number of sulfone groups is 1. The number of nitrogens with zero attached hydrogens (tertiary/aromatic N) is 1. The van der Waals surface area contributed by atoms with Gasteiger partial charge in [0.1, 0.15) is 9.84 Å². The van der Waals surface area contributed by atoms with Crippen molar-refractivity contribution >= 4 is 39.1 Å². The summed E-state index contributed by atoms with van der Waals surface area (Å²) in [5.74, 6) is -1.43. The number of aliphatic carboxylic acids is 1. The van der Waals surface area contributed by atoms with E-state index in [1.807, 2.05) is 0 Å². The van der Waals surface area contributed by atoms with Crippen LogP contribution in [0, 0.1) is 0 Å². The molecule has 0 radical (unpaired) electrons. The van der Waals surface area contributed by atoms with Gasteiger partial charge in [-0.15, -0.1) is 11.3 Å². The molecule has 110 valence electrons. The van der Waals surface area contributed by atoms with E-state index in [0.29, 0.717) is 9.75 Å². The van der Waals surface area contributed by atoms with Gasteiger partial charge in [0, 0.05) is 30.8 Å². The normalized spacial score (nSPS) is 11.7. The second kappa shape index (κ2) is 6.67. The van der Waals surface area contributed by atoms with Crippen LogP contribution in [0.15, 0.2) is 18.2 Å². The molecule has 0 aliphatic heterocycles. The zero-order valence-electron chi connectivity index (χ0n) is 11.1. The molecule has 0 aromatic carbocycles. The maximum atomic E-state index is 12.0. The summed E-state index contributed by atoms with van der Waals surface area (Å²) in [6.45, 7) is 0.121. The van der Waals surface area contributed by atoms with E-state index >= 15 is 0 Å². The van der Waals surface area contributed by atoms with Gasteiger partial charge in [-0.1, -0.05) is 0 Å². The molecule has 0 spiro atoms. The maximum absolute atomic E-state index is 12.0. The first-order valence-corrected chi connectivity index (χ1v) is 8.51. The quantitative estimate of drug-likeness (QED) is 0.789. The Morgan fingerprint density at radius 1 is 1.40 bits per heavy atom. The first kappa shape index (κ1) is 16.4. The molecule has 0 atom stereocenters. The predicted molar refractivity (Wildman–Crippen MR) is 77.7 cm³/mol. The van der Waals surface area contributed by atoms with Gasteiger partial charge < -0.3 is 10.0 Å². The van der Waals surface area contributed by atoms with Gasteiger partial charge in [-0.3, -0.25) is 4.79 Å². The second-order valence-electron chi connectivity index (χ2n) is 4.23. The van der Waals surface area contributed by atoms with Crippen LogP contribution in [0.1, 0.15) is 14.5 Å². The van der Waals surface area contributed by atoms with Gasteiger partial charge in [0.05, 0.1) is 10.6 Å². The van der Waals surface area contributed by atoms with Crippen LogP contribution in [0.25, 0.3) is 6.08 Å². The summed E-state index contributed by atoms with van der Waals surface area (Å²) in [7, 11) is -1.59. The molecule has 1 rings (SSSR count). The maximum Gasteiger partial charge on any atom is 0.328 e. The lowest BCUT2D eigenvalue weighted by Crippen LogP contribution is -2.30. The average molecular weight is 317 g/mol. The molecule has 0 saturated carbocycles. The average Bonchev–Trinajstić information content (AvgIpc) is 2.80. The Hall–Kier alpha value is -1.67. The minimum Gasteiger partial charge on any atom is -0.478 e. The molecule has 0 aliphatic rings. The molecular weight excluding hydrogens is 302 g/mol. The van der Waals surface area contributed by atoms with Crippen LogP contribution in [0.5, 0.6) is 0 Å². The number of carboxylic acids is 1. The van der Waals surface area contributed by atoms with E-state index in [1.165, 1.54) is 18.0 Å². The van der Waals surface area contributed by atoms with Crippen molar-refractivity contribution in [2.75, 3.05) is 25.6 Å². The van der Waals surface area contributed by atoms with Crippen LogP contribution in [0.2, 0.25) is 0 Å². The number of rotatable bonds is 6. The minimum absolute atomic E-state index is 0.0909. The first-order chi connectivity index (χ1) is 9.19. The van der Waals surface area contributed by atoms with E-state index in [2.05, 4.69) is 0 Å². The van der Waals surface area contributed by atoms with E-state index in [9.17, 15) is 18.0 Å². The Morgan fingerprint density at radius 3 is 2.60 bits per heavy atom. The summed E-state index contributed by atoms with van der Waals surface area (Å²) in [5.41, 5.74) is 0. The lowest BCUT2D eigenvalue weighted by molar-refractivity contribution is -0.131. The number of carbonyl (C=O) groups is 2. The van der Waals surface area contributed by atoms with Gasteiger partial charge in [0.25, 0.3) is 5.91 Å². The molecule has 1 amide bonds. The van der Waals surface area contributed by atoms with Crippen molar-refractivity contribution in [3.05, 3.63) is 28.0 Å². The third-order valence-corrected chi connectivity index (χ3v) is 4.33. The number of hydrogen-bond acceptors (Lipinski definition) is 5. The van der Waals surface area contributed by atoms with Crippen molar-refractivity contribution in [2.24, 2.45) is 0 Å². The van der Waals surface area contributed by atoms with Crippen molar-refractivity contribution in [1.29, 1.82) is 0 Å². The third kappa shape index (κ3) is 5.54. The highest BCUT2D eigenvalue weighted by Crippen LogP contribution is 2.19. The zero-order chi connectivity index (χ0) is 15.3. The molecule has 20 heavy (non-hydrogen) atoms. The molecule has 0 aliphatic carbocycles. The fraction of sp³-hybridized carbons (Fsp3) is 0.333. The van der Waals surface area contributed by atoms with Crippen molar-refractivity contribution in [2.45, 2.75) is 0 Å². The Kier molecular flexibility index (Phi) is 5.46. The highest BCUT2D eigenvalue weighted by atomic mass is 32.2. The molecule has 1 aromatic heterocycles. The third-order valence-electron chi connectivity index (χ3n) is 2.37. The van der Waals surface area contributed by atoms with E-state index < -0.39 is 15.8 Å². The second-order valence-corrected chi connectivity index (χ2v) is 7.61. The molecule has 1 aromatic rings. The van der Waals surface area contributed by atoms with Gasteiger partial charge in [-0.2, -0.15) is 0 Å². The van der Waals surface area contributed by atoms with Gasteiger partial charge in [0.2, 0.25) is 0 Å². The van der Waals surface area contributed by atoms with Crippen molar-refractivity contribution < 1.29 is 23.1 Å². The number of hydrogen-bond donors (Lipinski definition) is 1. The van der Waals surface area contributed by atoms with Gasteiger partial charge in [0.15, 0.2) is 0 Å². The van der Waals surface area contributed by atoms with Gasteiger partial charge in [-0.05, 0) is 18.2 Å². The number of thiophene rings is 1. The van der Waals surface area contributed by atoms with Crippen LogP contribution < -0.4 is 0 Å². The SMILES string of the molecule is CN(CCS(C)(=O)=O)C(=O)c1ccc(C=CC(=O)O)s1. The van der Waals surface area contributed by atoms with E-state index in [1.54, 1.807) is 12.1 Å². The number of carboxylic acid groups (broad SMARTS) is 1.